The maximum Gasteiger partial charge on any atom is 0.329 e. The number of rotatable bonds is 8. The van der Waals surface area contributed by atoms with Gasteiger partial charge in [0.25, 0.3) is 5.56 Å². The third-order valence-electron chi connectivity index (χ3n) is 3.94. The van der Waals surface area contributed by atoms with Gasteiger partial charge in [-0.15, -0.1) is 11.6 Å². The quantitative estimate of drug-likeness (QED) is 0.338. The summed E-state index contributed by atoms with van der Waals surface area (Å²) < 4.78 is 8.49. The summed E-state index contributed by atoms with van der Waals surface area (Å²) in [5.41, 5.74) is 0.544. The fourth-order valence-electron chi connectivity index (χ4n) is 2.62. The Bertz CT molecular complexity index is 1060. The highest BCUT2D eigenvalue weighted by Gasteiger charge is 2.18. The first-order chi connectivity index (χ1) is 13.0. The Hall–Kier alpha value is -1.74. The van der Waals surface area contributed by atoms with E-state index in [4.69, 9.17) is 27.9 Å². The van der Waals surface area contributed by atoms with E-state index in [2.05, 4.69) is 9.97 Å². The zero-order valence-corrected chi connectivity index (χ0v) is 16.9. The van der Waals surface area contributed by atoms with Crippen molar-refractivity contribution in [3.63, 3.8) is 0 Å². The molecular formula is C17H18Cl2N4O3S. The van der Waals surface area contributed by atoms with E-state index in [1.54, 1.807) is 17.7 Å². The van der Waals surface area contributed by atoms with E-state index < -0.39 is 11.2 Å². The fourth-order valence-corrected chi connectivity index (χ4v) is 3.77. The normalized spacial score (nSPS) is 11.4. The number of hydrogen-bond acceptors (Lipinski definition) is 5. The molecule has 7 nitrogen and oxygen atoms in total. The van der Waals surface area contributed by atoms with Crippen LogP contribution in [0.5, 0.6) is 0 Å². The number of nitrogens with one attached hydrogen (secondary N) is 1. The average molecular weight is 429 g/mol. The van der Waals surface area contributed by atoms with Gasteiger partial charge in [0.15, 0.2) is 16.3 Å². The van der Waals surface area contributed by atoms with Gasteiger partial charge in [0.05, 0.1) is 19.8 Å². The molecule has 3 rings (SSSR count). The Kier molecular flexibility index (Phi) is 6.64. The highest BCUT2D eigenvalue weighted by molar-refractivity contribution is 7.99. The summed E-state index contributed by atoms with van der Waals surface area (Å²) in [7, 11) is 1.57. The maximum atomic E-state index is 12.5. The maximum absolute atomic E-state index is 12.5. The summed E-state index contributed by atoms with van der Waals surface area (Å²) in [6, 6.07) is 7.41. The summed E-state index contributed by atoms with van der Waals surface area (Å²) >= 11 is 13.3. The second-order valence-corrected chi connectivity index (χ2v) is 7.56. The van der Waals surface area contributed by atoms with Crippen LogP contribution in [-0.4, -0.2) is 43.9 Å². The largest absolute Gasteiger partial charge is 0.379 e. The van der Waals surface area contributed by atoms with Crippen molar-refractivity contribution in [2.75, 3.05) is 24.8 Å². The summed E-state index contributed by atoms with van der Waals surface area (Å²) in [4.78, 5) is 31.2. The highest BCUT2D eigenvalue weighted by Crippen LogP contribution is 2.25. The Morgan fingerprint density at radius 3 is 2.78 bits per heavy atom. The fraction of sp³-hybridized carbons (Fsp3) is 0.353. The van der Waals surface area contributed by atoms with Crippen molar-refractivity contribution in [2.45, 2.75) is 11.7 Å². The first-order valence-electron chi connectivity index (χ1n) is 8.22. The standard InChI is InChI=1S/C17H18Cl2N4O3S/c1-22-14-13(15(24)21-16(22)25)23(10-11-4-2-3-5-12(11)19)17(20-14)27-9-8-26-7-6-18/h2-5H,6-10H2,1H3,(H,21,24,25). The number of benzene rings is 1. The molecule has 27 heavy (non-hydrogen) atoms. The van der Waals surface area contributed by atoms with Crippen LogP contribution in [0.3, 0.4) is 0 Å². The number of aryl methyl sites for hydroxylation is 1. The zero-order chi connectivity index (χ0) is 19.4. The first kappa shape index (κ1) is 20.0. The van der Waals surface area contributed by atoms with Crippen molar-refractivity contribution in [1.29, 1.82) is 0 Å². The topological polar surface area (TPSA) is 81.9 Å². The zero-order valence-electron chi connectivity index (χ0n) is 14.6. The summed E-state index contributed by atoms with van der Waals surface area (Å²) in [6.45, 7) is 1.34. The van der Waals surface area contributed by atoms with Gasteiger partial charge < -0.3 is 9.30 Å². The lowest BCUT2D eigenvalue weighted by atomic mass is 10.2. The van der Waals surface area contributed by atoms with Crippen LogP contribution < -0.4 is 11.2 Å². The van der Waals surface area contributed by atoms with Crippen LogP contribution in [0, 0.1) is 0 Å². The molecule has 1 N–H and O–H groups in total. The molecule has 0 spiro atoms. The molecule has 0 radical (unpaired) electrons. The molecule has 2 aromatic heterocycles. The number of fused-ring (bicyclic) bond motifs is 1. The predicted molar refractivity (Wildman–Crippen MR) is 108 cm³/mol. The third kappa shape index (κ3) is 4.40. The van der Waals surface area contributed by atoms with Gasteiger partial charge in [0.2, 0.25) is 0 Å². The highest BCUT2D eigenvalue weighted by atomic mass is 35.5. The van der Waals surface area contributed by atoms with Crippen LogP contribution in [0.4, 0.5) is 0 Å². The van der Waals surface area contributed by atoms with E-state index in [1.807, 2.05) is 18.2 Å². The van der Waals surface area contributed by atoms with E-state index in [1.165, 1.54) is 16.3 Å². The smallest absolute Gasteiger partial charge is 0.329 e. The van der Waals surface area contributed by atoms with Gasteiger partial charge in [-0.2, -0.15) is 0 Å². The van der Waals surface area contributed by atoms with Gasteiger partial charge in [-0.05, 0) is 11.6 Å². The lowest BCUT2D eigenvalue weighted by Crippen LogP contribution is -2.29. The summed E-state index contributed by atoms with van der Waals surface area (Å²) in [6.07, 6.45) is 0. The number of alkyl halides is 1. The lowest BCUT2D eigenvalue weighted by molar-refractivity contribution is 0.166. The van der Waals surface area contributed by atoms with Gasteiger partial charge >= 0.3 is 5.69 Å². The molecular weight excluding hydrogens is 411 g/mol. The molecule has 0 unspecified atom stereocenters. The molecule has 2 heterocycles. The molecule has 0 amide bonds. The second kappa shape index (κ2) is 8.97. The Morgan fingerprint density at radius 1 is 1.26 bits per heavy atom. The van der Waals surface area contributed by atoms with Crippen molar-refractivity contribution >= 4 is 46.1 Å². The molecule has 0 atom stereocenters. The van der Waals surface area contributed by atoms with Crippen LogP contribution in [0.25, 0.3) is 11.2 Å². The molecule has 0 bridgehead atoms. The van der Waals surface area contributed by atoms with Crippen molar-refractivity contribution in [1.82, 2.24) is 19.1 Å². The number of ether oxygens (including phenoxy) is 1. The summed E-state index contributed by atoms with van der Waals surface area (Å²) in [5.74, 6) is 1.07. The van der Waals surface area contributed by atoms with Crippen molar-refractivity contribution in [2.24, 2.45) is 7.05 Å². The van der Waals surface area contributed by atoms with Gasteiger partial charge in [-0.3, -0.25) is 14.3 Å². The number of halogens is 2. The van der Waals surface area contributed by atoms with E-state index in [9.17, 15) is 9.59 Å². The summed E-state index contributed by atoms with van der Waals surface area (Å²) in [5, 5.41) is 1.22. The van der Waals surface area contributed by atoms with Gasteiger partial charge in [0.1, 0.15) is 0 Å². The van der Waals surface area contributed by atoms with Gasteiger partial charge in [-0.1, -0.05) is 41.6 Å². The number of nitrogens with zero attached hydrogens (tertiary/aromatic N) is 3. The molecule has 10 heteroatoms. The van der Waals surface area contributed by atoms with Gasteiger partial charge in [-0.25, -0.2) is 9.78 Å². The molecule has 0 saturated heterocycles. The monoisotopic (exact) mass is 428 g/mol. The molecule has 144 valence electrons. The van der Waals surface area contributed by atoms with E-state index >= 15 is 0 Å². The minimum absolute atomic E-state index is 0.333. The predicted octanol–water partition coefficient (Wildman–Crippen LogP) is 2.47. The average Bonchev–Trinajstić information content (AvgIpc) is 3.00. The van der Waals surface area contributed by atoms with Crippen LogP contribution in [0.2, 0.25) is 5.02 Å². The SMILES string of the molecule is Cn1c(=O)[nH]c(=O)c2c1nc(SCCOCCCl)n2Cc1ccccc1Cl. The van der Waals surface area contributed by atoms with Crippen molar-refractivity contribution in [3.05, 3.63) is 55.7 Å². The van der Waals surface area contributed by atoms with E-state index in [-0.39, 0.29) is 0 Å². The number of thioether (sulfide) groups is 1. The Morgan fingerprint density at radius 2 is 2.04 bits per heavy atom. The Labute approximate surface area is 169 Å². The molecule has 1 aromatic carbocycles. The van der Waals surface area contributed by atoms with Crippen LogP contribution in [0.15, 0.2) is 39.0 Å². The molecule has 0 aliphatic heterocycles. The number of imidazole rings is 1. The third-order valence-corrected chi connectivity index (χ3v) is 5.40. The first-order valence-corrected chi connectivity index (χ1v) is 10.1. The molecule has 3 aromatic rings. The van der Waals surface area contributed by atoms with Gasteiger partial charge in [0, 0.05) is 23.7 Å². The van der Waals surface area contributed by atoms with Crippen LogP contribution in [-0.2, 0) is 18.3 Å². The molecule has 0 aliphatic rings. The number of H-pyrrole nitrogens is 1. The van der Waals surface area contributed by atoms with Crippen LogP contribution >= 0.6 is 35.0 Å². The molecule has 0 aliphatic carbocycles. The van der Waals surface area contributed by atoms with E-state index in [0.29, 0.717) is 52.7 Å². The number of aromatic amines is 1. The number of hydrogen-bond donors (Lipinski definition) is 1. The van der Waals surface area contributed by atoms with Crippen molar-refractivity contribution < 1.29 is 4.74 Å². The van der Waals surface area contributed by atoms with Crippen molar-refractivity contribution in [3.8, 4) is 0 Å². The Balaban J connectivity index is 2.03. The minimum Gasteiger partial charge on any atom is -0.379 e. The molecule has 0 fully saturated rings. The minimum atomic E-state index is -0.503. The van der Waals surface area contributed by atoms with Crippen LogP contribution in [0.1, 0.15) is 5.56 Å². The lowest BCUT2D eigenvalue weighted by Gasteiger charge is -2.10. The molecule has 0 saturated carbocycles. The second-order valence-electron chi connectivity index (χ2n) is 5.71. The van der Waals surface area contributed by atoms with E-state index in [0.717, 1.165) is 5.56 Å². The number of aromatic nitrogens is 4.